The fourth-order valence-electron chi connectivity index (χ4n) is 1.75. The first-order valence-corrected chi connectivity index (χ1v) is 5.60. The molecule has 1 rings (SSSR count). The minimum atomic E-state index is -4.49. The molecular formula is C12H16F3NO2. The SMILES string of the molecule is CCN(CCO)c1ccc(CO)c(C(F)(F)F)c1. The maximum Gasteiger partial charge on any atom is 0.416 e. The lowest BCUT2D eigenvalue weighted by Gasteiger charge is -2.24. The van der Waals surface area contributed by atoms with E-state index in [0.29, 0.717) is 12.2 Å². The Bertz CT molecular complexity index is 393. The Hall–Kier alpha value is -1.27. The van der Waals surface area contributed by atoms with E-state index in [1.165, 1.54) is 12.1 Å². The normalized spacial score (nSPS) is 11.7. The molecule has 0 fully saturated rings. The van der Waals surface area contributed by atoms with Crippen LogP contribution in [0, 0.1) is 0 Å². The third kappa shape index (κ3) is 3.36. The summed E-state index contributed by atoms with van der Waals surface area (Å²) in [6.45, 7) is 1.78. The quantitative estimate of drug-likeness (QED) is 0.854. The van der Waals surface area contributed by atoms with Gasteiger partial charge in [-0.2, -0.15) is 13.2 Å². The number of aliphatic hydroxyl groups excluding tert-OH is 2. The summed E-state index contributed by atoms with van der Waals surface area (Å²) < 4.78 is 38.4. The lowest BCUT2D eigenvalue weighted by Crippen LogP contribution is -2.26. The third-order valence-electron chi connectivity index (χ3n) is 2.69. The van der Waals surface area contributed by atoms with Crippen molar-refractivity contribution in [2.24, 2.45) is 0 Å². The van der Waals surface area contributed by atoms with Gasteiger partial charge in [-0.05, 0) is 24.6 Å². The van der Waals surface area contributed by atoms with Gasteiger partial charge in [0.05, 0.1) is 18.8 Å². The number of alkyl halides is 3. The zero-order chi connectivity index (χ0) is 13.8. The van der Waals surface area contributed by atoms with Gasteiger partial charge in [0.15, 0.2) is 0 Å². The van der Waals surface area contributed by atoms with Crippen LogP contribution in [-0.2, 0) is 12.8 Å². The third-order valence-corrected chi connectivity index (χ3v) is 2.69. The van der Waals surface area contributed by atoms with Crippen LogP contribution < -0.4 is 4.90 Å². The Kier molecular flexibility index (Phi) is 4.98. The smallest absolute Gasteiger partial charge is 0.395 e. The van der Waals surface area contributed by atoms with E-state index in [-0.39, 0.29) is 18.7 Å². The molecule has 0 bridgehead atoms. The first-order chi connectivity index (χ1) is 8.43. The number of hydrogen-bond donors (Lipinski definition) is 2. The van der Waals surface area contributed by atoms with E-state index in [4.69, 9.17) is 10.2 Å². The van der Waals surface area contributed by atoms with Crippen LogP contribution in [0.25, 0.3) is 0 Å². The number of anilines is 1. The first kappa shape index (κ1) is 14.8. The Labute approximate surface area is 103 Å². The average Bonchev–Trinajstić information content (AvgIpc) is 2.34. The van der Waals surface area contributed by atoms with Crippen molar-refractivity contribution in [2.75, 3.05) is 24.6 Å². The molecule has 0 spiro atoms. The van der Waals surface area contributed by atoms with Crippen molar-refractivity contribution < 1.29 is 23.4 Å². The number of halogens is 3. The maximum atomic E-state index is 12.8. The molecule has 0 aliphatic carbocycles. The van der Waals surface area contributed by atoms with Gasteiger partial charge in [-0.3, -0.25) is 0 Å². The average molecular weight is 263 g/mol. The molecular weight excluding hydrogens is 247 g/mol. The van der Waals surface area contributed by atoms with Gasteiger partial charge in [-0.1, -0.05) is 6.07 Å². The molecule has 3 nitrogen and oxygen atoms in total. The van der Waals surface area contributed by atoms with Crippen LogP contribution in [0.3, 0.4) is 0 Å². The van der Waals surface area contributed by atoms with Gasteiger partial charge >= 0.3 is 6.18 Å². The standard InChI is InChI=1S/C12H16F3NO2/c1-2-16(5-6-17)10-4-3-9(8-18)11(7-10)12(13,14)15/h3-4,7,17-18H,2,5-6,8H2,1H3. The molecule has 0 saturated carbocycles. The number of likely N-dealkylation sites (N-methyl/N-ethyl adjacent to an activating group) is 1. The van der Waals surface area contributed by atoms with Gasteiger partial charge in [0.2, 0.25) is 0 Å². The van der Waals surface area contributed by atoms with Gasteiger partial charge in [-0.15, -0.1) is 0 Å². The molecule has 1 aromatic rings. The van der Waals surface area contributed by atoms with Crippen molar-refractivity contribution in [2.45, 2.75) is 19.7 Å². The topological polar surface area (TPSA) is 43.7 Å². The predicted octanol–water partition coefficient (Wildman–Crippen LogP) is 2.02. The zero-order valence-corrected chi connectivity index (χ0v) is 10.0. The van der Waals surface area contributed by atoms with Crippen LogP contribution in [0.5, 0.6) is 0 Å². The fraction of sp³-hybridized carbons (Fsp3) is 0.500. The maximum absolute atomic E-state index is 12.8. The molecule has 0 amide bonds. The second kappa shape index (κ2) is 6.06. The van der Waals surface area contributed by atoms with E-state index >= 15 is 0 Å². The van der Waals surface area contributed by atoms with Crippen molar-refractivity contribution >= 4 is 5.69 Å². The van der Waals surface area contributed by atoms with E-state index in [1.54, 1.807) is 11.8 Å². The van der Waals surface area contributed by atoms with Crippen LogP contribution in [0.2, 0.25) is 0 Å². The van der Waals surface area contributed by atoms with Gasteiger partial charge in [-0.25, -0.2) is 0 Å². The lowest BCUT2D eigenvalue weighted by atomic mass is 10.1. The van der Waals surface area contributed by atoms with Crippen molar-refractivity contribution in [3.63, 3.8) is 0 Å². The van der Waals surface area contributed by atoms with Crippen molar-refractivity contribution in [3.05, 3.63) is 29.3 Å². The van der Waals surface area contributed by atoms with Crippen molar-refractivity contribution in [1.82, 2.24) is 0 Å². The van der Waals surface area contributed by atoms with E-state index in [0.717, 1.165) is 6.07 Å². The van der Waals surface area contributed by atoms with Gasteiger partial charge in [0.25, 0.3) is 0 Å². The molecule has 2 N–H and O–H groups in total. The van der Waals surface area contributed by atoms with E-state index in [9.17, 15) is 13.2 Å². The predicted molar refractivity (Wildman–Crippen MR) is 62.3 cm³/mol. The molecule has 0 unspecified atom stereocenters. The minimum Gasteiger partial charge on any atom is -0.395 e. The monoisotopic (exact) mass is 263 g/mol. The van der Waals surface area contributed by atoms with Crippen LogP contribution in [0.1, 0.15) is 18.1 Å². The van der Waals surface area contributed by atoms with Gasteiger partial charge in [0.1, 0.15) is 0 Å². The van der Waals surface area contributed by atoms with E-state index in [2.05, 4.69) is 0 Å². The summed E-state index contributed by atoms with van der Waals surface area (Å²) in [5.41, 5.74) is -0.596. The van der Waals surface area contributed by atoms with Crippen molar-refractivity contribution in [1.29, 1.82) is 0 Å². The van der Waals surface area contributed by atoms with Crippen LogP contribution in [0.4, 0.5) is 18.9 Å². The number of aliphatic hydroxyl groups is 2. The molecule has 0 aromatic heterocycles. The molecule has 102 valence electrons. The molecule has 1 aromatic carbocycles. The fourth-order valence-corrected chi connectivity index (χ4v) is 1.75. The summed E-state index contributed by atoms with van der Waals surface area (Å²) in [6, 6.07) is 3.78. The summed E-state index contributed by atoms with van der Waals surface area (Å²) in [6.07, 6.45) is -4.49. The Morgan fingerprint density at radius 1 is 1.22 bits per heavy atom. The Morgan fingerprint density at radius 2 is 1.89 bits per heavy atom. The minimum absolute atomic E-state index is 0.128. The molecule has 0 aliphatic heterocycles. The summed E-state index contributed by atoms with van der Waals surface area (Å²) in [5, 5.41) is 17.8. The second-order valence-electron chi connectivity index (χ2n) is 3.80. The molecule has 0 heterocycles. The molecule has 18 heavy (non-hydrogen) atoms. The summed E-state index contributed by atoms with van der Waals surface area (Å²) >= 11 is 0. The van der Waals surface area contributed by atoms with E-state index in [1.807, 2.05) is 0 Å². The second-order valence-corrected chi connectivity index (χ2v) is 3.80. The Morgan fingerprint density at radius 3 is 2.33 bits per heavy atom. The van der Waals surface area contributed by atoms with Crippen LogP contribution >= 0.6 is 0 Å². The Balaban J connectivity index is 3.17. The number of hydrogen-bond acceptors (Lipinski definition) is 3. The first-order valence-electron chi connectivity index (χ1n) is 5.60. The van der Waals surface area contributed by atoms with E-state index < -0.39 is 18.3 Å². The van der Waals surface area contributed by atoms with Gasteiger partial charge in [0, 0.05) is 18.8 Å². The highest BCUT2D eigenvalue weighted by molar-refractivity contribution is 5.51. The van der Waals surface area contributed by atoms with Crippen molar-refractivity contribution in [3.8, 4) is 0 Å². The highest BCUT2D eigenvalue weighted by atomic mass is 19.4. The number of benzene rings is 1. The summed E-state index contributed by atoms with van der Waals surface area (Å²) in [5.74, 6) is 0. The highest BCUT2D eigenvalue weighted by Crippen LogP contribution is 2.34. The molecule has 0 atom stereocenters. The highest BCUT2D eigenvalue weighted by Gasteiger charge is 2.33. The zero-order valence-electron chi connectivity index (χ0n) is 10.0. The number of rotatable bonds is 5. The van der Waals surface area contributed by atoms with Gasteiger partial charge < -0.3 is 15.1 Å². The largest absolute Gasteiger partial charge is 0.416 e. The summed E-state index contributed by atoms with van der Waals surface area (Å²) in [7, 11) is 0. The molecule has 0 saturated heterocycles. The van der Waals surface area contributed by atoms with Crippen LogP contribution in [0.15, 0.2) is 18.2 Å². The summed E-state index contributed by atoms with van der Waals surface area (Å²) in [4.78, 5) is 1.64. The van der Waals surface area contributed by atoms with Crippen LogP contribution in [-0.4, -0.2) is 29.9 Å². The molecule has 0 aliphatic rings. The number of nitrogens with zero attached hydrogens (tertiary/aromatic N) is 1. The lowest BCUT2D eigenvalue weighted by molar-refractivity contribution is -0.138. The molecule has 6 heteroatoms. The molecule has 0 radical (unpaired) electrons.